The highest BCUT2D eigenvalue weighted by Crippen LogP contribution is 2.24. The Labute approximate surface area is 568 Å². The van der Waals surface area contributed by atoms with Gasteiger partial charge >= 0.3 is 11.9 Å². The topological polar surface area (TPSA) is 219 Å². The number of esters is 2. The van der Waals surface area contributed by atoms with Gasteiger partial charge in [-0.05, 0) is 113 Å². The van der Waals surface area contributed by atoms with Gasteiger partial charge in [0.25, 0.3) is 0 Å². The molecule has 1 heterocycles. The van der Waals surface area contributed by atoms with Crippen LogP contribution < -0.4 is 4.72 Å². The third-order valence-electron chi connectivity index (χ3n) is 9.88. The molecule has 0 amide bonds. The summed E-state index contributed by atoms with van der Waals surface area (Å²) in [5.41, 5.74) is 1.60. The second-order valence-corrected chi connectivity index (χ2v) is 34.4. The summed E-state index contributed by atoms with van der Waals surface area (Å²) in [6.45, 7) is 84.5. The van der Waals surface area contributed by atoms with Gasteiger partial charge in [-0.2, -0.15) is 0 Å². The molecule has 0 bridgehead atoms. The van der Waals surface area contributed by atoms with E-state index in [9.17, 15) is 46.8 Å². The zero-order chi connectivity index (χ0) is 76.4. The van der Waals surface area contributed by atoms with Crippen LogP contribution in [0.25, 0.3) is 6.08 Å². The molecule has 15 nitrogen and oxygen atoms in total. The van der Waals surface area contributed by atoms with Gasteiger partial charge in [-0.3, -0.25) is 28.8 Å². The van der Waals surface area contributed by atoms with Gasteiger partial charge in [0.2, 0.25) is 15.8 Å². The summed E-state index contributed by atoms with van der Waals surface area (Å²) in [5.74, 6) is 2.68. The molecule has 0 aliphatic carbocycles. The molecular weight excluding hydrogens is 1190 g/mol. The number of ketones is 6. The number of sulfonamides is 1. The summed E-state index contributed by atoms with van der Waals surface area (Å²) in [6.07, 6.45) is 20.7. The fourth-order valence-corrected chi connectivity index (χ4v) is 6.65. The lowest BCUT2D eigenvalue weighted by Gasteiger charge is -2.26. The minimum Gasteiger partial charge on any atom is -0.462 e. The first kappa shape index (κ1) is 103. The Morgan fingerprint density at radius 1 is 0.581 bits per heavy atom. The van der Waals surface area contributed by atoms with Crippen LogP contribution in [0.1, 0.15) is 253 Å². The van der Waals surface area contributed by atoms with Crippen molar-refractivity contribution in [2.45, 2.75) is 265 Å². The molecule has 0 aromatic carbocycles. The molecular formula is C77H133N3O12S. The van der Waals surface area contributed by atoms with E-state index in [-0.39, 0.29) is 91.1 Å². The number of aromatic nitrogens is 2. The molecule has 1 aromatic rings. The number of allylic oxidation sites excluding steroid dienone is 5. The number of carbonyl (C=O) groups is 8. The van der Waals surface area contributed by atoms with Crippen LogP contribution >= 0.6 is 0 Å². The van der Waals surface area contributed by atoms with Crippen molar-refractivity contribution in [2.75, 3.05) is 6.61 Å². The summed E-state index contributed by atoms with van der Waals surface area (Å²) in [4.78, 5) is 90.7. The second-order valence-electron chi connectivity index (χ2n) is 32.8. The number of hydrogen-bond acceptors (Lipinski definition) is 13. The molecule has 1 aromatic heterocycles. The van der Waals surface area contributed by atoms with Crippen LogP contribution in [0.15, 0.2) is 105 Å². The SMILES string of the molecule is C#CC(=O)CC(C)(C)C.C=CC(=O)CC(C)(C)C.C=CC(=O)OC(C=C)C(C)(C)C.C=CC(=O)OCC(C)(C)C.C=CS(=O)(=O)NC(C)(C)C.C=Cc1nccn1CC(C)(C)C.CC(=O)CC(=O)C(C)(C)C.CC(C)=CC(=O)C(C)(C)C.CC(C)=CC(=O)CC(C)(C)C. The quantitative estimate of drug-likeness (QED) is 0.0384. The molecule has 1 unspecified atom stereocenters. The van der Waals surface area contributed by atoms with Crippen molar-refractivity contribution in [3.63, 3.8) is 0 Å². The number of ether oxygens (including phenoxy) is 2. The number of hydrogen-bond donors (Lipinski definition) is 1. The minimum atomic E-state index is -3.26. The predicted octanol–water partition coefficient (Wildman–Crippen LogP) is 18.4. The summed E-state index contributed by atoms with van der Waals surface area (Å²) in [6, 6.07) is 0. The van der Waals surface area contributed by atoms with Crippen molar-refractivity contribution in [1.29, 1.82) is 0 Å². The number of nitrogens with one attached hydrogen (secondary N) is 1. The van der Waals surface area contributed by atoms with Crippen LogP contribution in [0.5, 0.6) is 0 Å². The minimum absolute atomic E-state index is 0.0139. The maximum absolute atomic E-state index is 11.2. The number of carbonyl (C=O) groups excluding carboxylic acids is 8. The standard InChI is InChI=1S/C10H16N2.C10H16O2.C10H18O.C9H16O.2C8H14O2.C8H14O.C8H12O.C6H13NO2S/c1-5-9-11-6-7-12(9)8-10(2,3)4;1-6-8(10(3,4)5)12-9(11)7-2;1-8(2)6-9(11)7-10(3,4)5;1-7(2)6-8(10)9(3,4)5;1-6(9)5-7(10)8(2,3)4;1-5-7(9)10-6-8(2,3)4;2*1-5-7(9)6-8(2,3)4;1-5-10(8,9)7-6(2,3)4/h5-7H,1,8H2,2-4H3;6-8H,1-2H2,3-5H3;6H,7H2,1-5H3;6H,1-5H3;5H2,1-4H3;5H,1,6H2,2-4H3;5H,1,6H2,2-4H3;1H,6H2,2-4H3;5,7H,1H2,2-4H3. The fourth-order valence-electron chi connectivity index (χ4n) is 5.72. The van der Waals surface area contributed by atoms with E-state index in [2.05, 4.69) is 101 Å². The lowest BCUT2D eigenvalue weighted by molar-refractivity contribution is -0.145. The smallest absolute Gasteiger partial charge is 0.330 e. The predicted molar refractivity (Wildman–Crippen MR) is 393 cm³/mol. The number of nitrogens with zero attached hydrogens (tertiary/aromatic N) is 2. The first-order valence-electron chi connectivity index (χ1n) is 31.2. The third kappa shape index (κ3) is 83.5. The highest BCUT2D eigenvalue weighted by Gasteiger charge is 2.25. The first-order chi connectivity index (χ1) is 41.1. The third-order valence-corrected chi connectivity index (χ3v) is 11.2. The van der Waals surface area contributed by atoms with Gasteiger partial charge < -0.3 is 14.0 Å². The Morgan fingerprint density at radius 2 is 1.00 bits per heavy atom. The van der Waals surface area contributed by atoms with E-state index in [1.54, 1.807) is 45.1 Å². The molecule has 93 heavy (non-hydrogen) atoms. The molecule has 0 fully saturated rings. The van der Waals surface area contributed by atoms with Crippen LogP contribution in [-0.4, -0.2) is 82.9 Å². The maximum Gasteiger partial charge on any atom is 0.330 e. The molecule has 0 spiro atoms. The van der Waals surface area contributed by atoms with Crippen molar-refractivity contribution in [3.8, 4) is 12.3 Å². The normalized spacial score (nSPS) is 11.5. The molecule has 534 valence electrons. The van der Waals surface area contributed by atoms with Crippen LogP contribution in [0.2, 0.25) is 0 Å². The molecule has 16 heteroatoms. The van der Waals surface area contributed by atoms with Gasteiger partial charge in [0.15, 0.2) is 17.3 Å². The van der Waals surface area contributed by atoms with Gasteiger partial charge in [-0.25, -0.2) is 27.7 Å². The van der Waals surface area contributed by atoms with Gasteiger partial charge in [0.05, 0.1) is 13.0 Å². The highest BCUT2D eigenvalue weighted by molar-refractivity contribution is 7.92. The van der Waals surface area contributed by atoms with Crippen LogP contribution in [0.4, 0.5) is 0 Å². The van der Waals surface area contributed by atoms with Gasteiger partial charge in [0.1, 0.15) is 23.5 Å². The average Bonchev–Trinajstić information content (AvgIpc) is 2.00. The summed E-state index contributed by atoms with van der Waals surface area (Å²) in [5, 5.41) is 0.901. The highest BCUT2D eigenvalue weighted by atomic mass is 32.2. The van der Waals surface area contributed by atoms with Crippen molar-refractivity contribution in [2.24, 2.45) is 43.3 Å². The lowest BCUT2D eigenvalue weighted by atomic mass is 9.88. The van der Waals surface area contributed by atoms with E-state index >= 15 is 0 Å². The zero-order valence-corrected chi connectivity index (χ0v) is 65.4. The Hall–Kier alpha value is -6.44. The Kier molecular flexibility index (Phi) is 52.4. The molecule has 1 atom stereocenters. The van der Waals surface area contributed by atoms with E-state index < -0.39 is 21.5 Å². The van der Waals surface area contributed by atoms with Crippen molar-refractivity contribution in [3.05, 3.63) is 111 Å². The zero-order valence-electron chi connectivity index (χ0n) is 64.6. The van der Waals surface area contributed by atoms with E-state index in [4.69, 9.17) is 15.9 Å². The summed E-state index contributed by atoms with van der Waals surface area (Å²) in [7, 11) is -3.26. The molecule has 0 saturated carbocycles. The molecule has 0 radical (unpaired) electrons. The van der Waals surface area contributed by atoms with Crippen LogP contribution in [0, 0.1) is 55.7 Å². The molecule has 1 N–H and O–H groups in total. The molecule has 1 rings (SSSR count). The summed E-state index contributed by atoms with van der Waals surface area (Å²) >= 11 is 0. The largest absolute Gasteiger partial charge is 0.462 e. The average molecular weight is 1320 g/mol. The first-order valence-corrected chi connectivity index (χ1v) is 32.7. The van der Waals surface area contributed by atoms with E-state index in [0.29, 0.717) is 31.3 Å². The van der Waals surface area contributed by atoms with Crippen molar-refractivity contribution in [1.82, 2.24) is 14.3 Å². The Morgan fingerprint density at radius 3 is 1.22 bits per heavy atom. The maximum atomic E-state index is 11.2. The van der Waals surface area contributed by atoms with Gasteiger partial charge in [-0.15, -0.1) is 6.42 Å². The van der Waals surface area contributed by atoms with E-state index in [1.807, 2.05) is 165 Å². The van der Waals surface area contributed by atoms with Crippen molar-refractivity contribution < 1.29 is 56.2 Å². The molecule has 0 saturated heterocycles. The molecule has 0 aliphatic rings. The Bertz CT molecular complexity index is 2720. The fraction of sp³-hybridized carbons (Fsp3) is 0.623. The number of Topliss-reactive ketones (excluding diaryl/α,β-unsaturated/α-hetero) is 3. The van der Waals surface area contributed by atoms with Crippen LogP contribution in [-0.2, 0) is 64.4 Å². The Balaban J connectivity index is -0.000000146. The second kappa shape index (κ2) is 47.4. The van der Waals surface area contributed by atoms with E-state index in [0.717, 1.165) is 35.0 Å². The van der Waals surface area contributed by atoms with Crippen molar-refractivity contribution >= 4 is 62.7 Å². The number of terminal acetylenes is 1. The van der Waals surface area contributed by atoms with Crippen LogP contribution in [0.3, 0.4) is 0 Å². The number of rotatable bonds is 17. The monoisotopic (exact) mass is 1320 g/mol. The van der Waals surface area contributed by atoms with Gasteiger partial charge in [-0.1, -0.05) is 223 Å². The lowest BCUT2D eigenvalue weighted by Crippen LogP contribution is -2.39. The van der Waals surface area contributed by atoms with Gasteiger partial charge in [0, 0.05) is 77.5 Å². The van der Waals surface area contributed by atoms with E-state index in [1.165, 1.54) is 19.1 Å². The molecule has 0 aliphatic heterocycles. The number of imidazole rings is 1. The summed E-state index contributed by atoms with van der Waals surface area (Å²) < 4.78 is 35.9.